The number of amides is 1. The summed E-state index contributed by atoms with van der Waals surface area (Å²) in [6, 6.07) is 10.7. The van der Waals surface area contributed by atoms with E-state index in [9.17, 15) is 13.2 Å². The number of anilines is 2. The second-order valence-electron chi connectivity index (χ2n) is 8.53. The van der Waals surface area contributed by atoms with Gasteiger partial charge < -0.3 is 19.5 Å². The fraction of sp³-hybridized carbons (Fsp3) is 0.417. The summed E-state index contributed by atoms with van der Waals surface area (Å²) in [6.45, 7) is 9.68. The summed E-state index contributed by atoms with van der Waals surface area (Å²) < 4.78 is 29.6. The van der Waals surface area contributed by atoms with Crippen molar-refractivity contribution in [2.24, 2.45) is 0 Å². The van der Waals surface area contributed by atoms with Gasteiger partial charge in [-0.3, -0.25) is 4.79 Å². The average Bonchev–Trinajstić information content (AvgIpc) is 3.26. The zero-order chi connectivity index (χ0) is 24.5. The molecule has 0 radical (unpaired) electrons. The lowest BCUT2D eigenvalue weighted by molar-refractivity contribution is 0.102. The summed E-state index contributed by atoms with van der Waals surface area (Å²) in [5.41, 5.74) is 3.20. The fourth-order valence-corrected chi connectivity index (χ4v) is 5.74. The molecule has 182 valence electrons. The zero-order valence-corrected chi connectivity index (χ0v) is 21.0. The molecule has 4 rings (SSSR count). The SMILES string of the molecule is CCN(CC)S(=O)(=O)c1ccc(N2CCN(C)CC2)c(NC(=O)c2cn3c(C)cccc3n2)c1. The Kier molecular flexibility index (Phi) is 6.92. The number of fused-ring (bicyclic) bond motifs is 1. The highest BCUT2D eigenvalue weighted by Gasteiger charge is 2.25. The van der Waals surface area contributed by atoms with Crippen LogP contribution in [0.5, 0.6) is 0 Å². The second kappa shape index (κ2) is 9.73. The normalized spacial score (nSPS) is 15.3. The van der Waals surface area contributed by atoms with Crippen molar-refractivity contribution in [1.82, 2.24) is 18.6 Å². The smallest absolute Gasteiger partial charge is 0.275 e. The van der Waals surface area contributed by atoms with Crippen LogP contribution in [0.2, 0.25) is 0 Å². The Bertz CT molecular complexity index is 1290. The van der Waals surface area contributed by atoms with Crippen LogP contribution in [0.15, 0.2) is 47.5 Å². The van der Waals surface area contributed by atoms with Gasteiger partial charge in [0.1, 0.15) is 11.3 Å². The van der Waals surface area contributed by atoms with E-state index in [1.165, 1.54) is 4.31 Å². The zero-order valence-electron chi connectivity index (χ0n) is 20.2. The highest BCUT2D eigenvalue weighted by atomic mass is 32.2. The number of hydrogen-bond donors (Lipinski definition) is 1. The van der Waals surface area contributed by atoms with Crippen molar-refractivity contribution in [2.75, 3.05) is 56.5 Å². The number of pyridine rings is 1. The van der Waals surface area contributed by atoms with Gasteiger partial charge in [-0.05, 0) is 44.3 Å². The third-order valence-electron chi connectivity index (χ3n) is 6.33. The molecule has 9 nitrogen and oxygen atoms in total. The number of nitrogens with zero attached hydrogens (tertiary/aromatic N) is 5. The van der Waals surface area contributed by atoms with E-state index >= 15 is 0 Å². The Morgan fingerprint density at radius 1 is 1.09 bits per heavy atom. The van der Waals surface area contributed by atoms with Crippen LogP contribution in [0.1, 0.15) is 30.0 Å². The average molecular weight is 485 g/mol. The topological polar surface area (TPSA) is 90.3 Å². The second-order valence-corrected chi connectivity index (χ2v) is 10.5. The van der Waals surface area contributed by atoms with Gasteiger partial charge in [0, 0.05) is 51.2 Å². The summed E-state index contributed by atoms with van der Waals surface area (Å²) in [4.78, 5) is 22.3. The number of aromatic nitrogens is 2. The lowest BCUT2D eigenvalue weighted by Gasteiger charge is -2.35. The van der Waals surface area contributed by atoms with Gasteiger partial charge >= 0.3 is 0 Å². The Hall–Kier alpha value is -2.95. The Balaban J connectivity index is 1.72. The van der Waals surface area contributed by atoms with Crippen molar-refractivity contribution in [3.63, 3.8) is 0 Å². The number of aryl methyl sites for hydroxylation is 1. The van der Waals surface area contributed by atoms with Gasteiger partial charge in [0.2, 0.25) is 10.0 Å². The van der Waals surface area contributed by atoms with E-state index < -0.39 is 10.0 Å². The summed E-state index contributed by atoms with van der Waals surface area (Å²) in [7, 11) is -1.60. The highest BCUT2D eigenvalue weighted by Crippen LogP contribution is 2.31. The molecule has 1 fully saturated rings. The van der Waals surface area contributed by atoms with Crippen molar-refractivity contribution in [3.8, 4) is 0 Å². The van der Waals surface area contributed by atoms with Crippen molar-refractivity contribution < 1.29 is 13.2 Å². The van der Waals surface area contributed by atoms with E-state index in [4.69, 9.17) is 0 Å². The Morgan fingerprint density at radius 2 is 1.79 bits per heavy atom. The molecule has 1 aliphatic heterocycles. The van der Waals surface area contributed by atoms with Crippen LogP contribution in [-0.2, 0) is 10.0 Å². The van der Waals surface area contributed by atoms with E-state index in [0.29, 0.717) is 24.4 Å². The standard InChI is InChI=1S/C24H32N6O3S/c1-5-29(6-2)34(32,33)19-10-11-22(28-14-12-27(4)13-15-28)20(16-19)26-24(31)21-17-30-18(3)8-7-9-23(30)25-21/h7-11,16-17H,5-6,12-15H2,1-4H3,(H,26,31). The largest absolute Gasteiger partial charge is 0.367 e. The van der Waals surface area contributed by atoms with Crippen LogP contribution in [-0.4, -0.2) is 79.2 Å². The van der Waals surface area contributed by atoms with Crippen LogP contribution >= 0.6 is 0 Å². The van der Waals surface area contributed by atoms with Gasteiger partial charge in [0.05, 0.1) is 16.3 Å². The molecule has 1 amide bonds. The number of piperazine rings is 1. The molecule has 0 atom stereocenters. The van der Waals surface area contributed by atoms with E-state index in [0.717, 1.165) is 37.6 Å². The minimum atomic E-state index is -3.67. The van der Waals surface area contributed by atoms with Crippen LogP contribution in [0, 0.1) is 6.92 Å². The van der Waals surface area contributed by atoms with E-state index in [-0.39, 0.29) is 16.5 Å². The van der Waals surface area contributed by atoms with Gasteiger partial charge in [-0.15, -0.1) is 0 Å². The van der Waals surface area contributed by atoms with Crippen LogP contribution in [0.4, 0.5) is 11.4 Å². The summed E-state index contributed by atoms with van der Waals surface area (Å²) >= 11 is 0. The van der Waals surface area contributed by atoms with E-state index in [2.05, 4.69) is 27.1 Å². The van der Waals surface area contributed by atoms with Crippen LogP contribution in [0.25, 0.3) is 5.65 Å². The summed E-state index contributed by atoms with van der Waals surface area (Å²) in [5.74, 6) is -0.379. The number of sulfonamides is 1. The van der Waals surface area contributed by atoms with Gasteiger partial charge in [-0.1, -0.05) is 19.9 Å². The van der Waals surface area contributed by atoms with Crippen molar-refractivity contribution in [2.45, 2.75) is 25.7 Å². The van der Waals surface area contributed by atoms with E-state index in [1.807, 2.05) is 43.4 Å². The third kappa shape index (κ3) is 4.66. The Morgan fingerprint density at radius 3 is 2.44 bits per heavy atom. The molecule has 10 heteroatoms. The maximum absolute atomic E-state index is 13.2. The predicted octanol–water partition coefficient (Wildman–Crippen LogP) is 2.68. The monoisotopic (exact) mass is 484 g/mol. The molecule has 0 bridgehead atoms. The molecule has 0 saturated carbocycles. The number of imidazole rings is 1. The maximum Gasteiger partial charge on any atom is 0.275 e. The summed E-state index contributed by atoms with van der Waals surface area (Å²) in [6.07, 6.45) is 1.70. The number of carbonyl (C=O) groups is 1. The molecule has 3 aromatic rings. The predicted molar refractivity (Wildman–Crippen MR) is 134 cm³/mol. The first kappa shape index (κ1) is 24.2. The van der Waals surface area contributed by atoms with Crippen molar-refractivity contribution in [1.29, 1.82) is 0 Å². The first-order valence-electron chi connectivity index (χ1n) is 11.6. The highest BCUT2D eigenvalue weighted by molar-refractivity contribution is 7.89. The van der Waals surface area contributed by atoms with Crippen molar-refractivity contribution >= 4 is 33.0 Å². The molecular weight excluding hydrogens is 452 g/mol. The Labute approximate surface area is 201 Å². The van der Waals surface area contributed by atoms with Crippen LogP contribution < -0.4 is 10.2 Å². The van der Waals surface area contributed by atoms with Gasteiger partial charge in [-0.25, -0.2) is 13.4 Å². The molecule has 1 aliphatic rings. The summed E-state index contributed by atoms with van der Waals surface area (Å²) in [5, 5.41) is 2.95. The molecule has 1 aromatic carbocycles. The maximum atomic E-state index is 13.2. The number of benzene rings is 1. The fourth-order valence-electron chi connectivity index (χ4n) is 4.26. The van der Waals surface area contributed by atoms with Gasteiger partial charge in [0.25, 0.3) is 5.91 Å². The first-order valence-corrected chi connectivity index (χ1v) is 13.0. The number of carbonyl (C=O) groups excluding carboxylic acids is 1. The molecule has 0 aliphatic carbocycles. The van der Waals surface area contributed by atoms with E-state index in [1.54, 1.807) is 24.4 Å². The molecule has 2 aromatic heterocycles. The van der Waals surface area contributed by atoms with Gasteiger partial charge in [-0.2, -0.15) is 4.31 Å². The minimum absolute atomic E-state index is 0.162. The molecule has 34 heavy (non-hydrogen) atoms. The quantitative estimate of drug-likeness (QED) is 0.555. The number of likely N-dealkylation sites (N-methyl/N-ethyl adjacent to an activating group) is 1. The number of nitrogens with one attached hydrogen (secondary N) is 1. The number of hydrogen-bond acceptors (Lipinski definition) is 6. The molecule has 0 unspecified atom stereocenters. The van der Waals surface area contributed by atoms with Crippen LogP contribution in [0.3, 0.4) is 0 Å². The lowest BCUT2D eigenvalue weighted by atomic mass is 10.2. The number of rotatable bonds is 7. The first-order chi connectivity index (χ1) is 16.2. The third-order valence-corrected chi connectivity index (χ3v) is 8.38. The lowest BCUT2D eigenvalue weighted by Crippen LogP contribution is -2.44. The van der Waals surface area contributed by atoms with Crippen molar-refractivity contribution in [3.05, 3.63) is 54.0 Å². The van der Waals surface area contributed by atoms with Gasteiger partial charge in [0.15, 0.2) is 0 Å². The molecule has 3 heterocycles. The molecule has 1 saturated heterocycles. The molecule has 1 N–H and O–H groups in total. The molecule has 0 spiro atoms. The minimum Gasteiger partial charge on any atom is -0.367 e. The molecular formula is C24H32N6O3S.